The van der Waals surface area contributed by atoms with Crippen molar-refractivity contribution in [2.45, 2.75) is 19.2 Å². The topological polar surface area (TPSA) is 9.23 Å². The Hall–Kier alpha value is 0.390. The lowest BCUT2D eigenvalue weighted by Crippen LogP contribution is -1.95. The van der Waals surface area contributed by atoms with Gasteiger partial charge in [0, 0.05) is 7.11 Å². The van der Waals surface area contributed by atoms with E-state index in [4.69, 9.17) is 4.74 Å². The molecule has 0 spiro atoms. The van der Waals surface area contributed by atoms with Crippen molar-refractivity contribution in [3.05, 3.63) is 0 Å². The van der Waals surface area contributed by atoms with Gasteiger partial charge >= 0.3 is 0 Å². The first-order valence-electron chi connectivity index (χ1n) is 2.09. The van der Waals surface area contributed by atoms with Crippen LogP contribution in [0.1, 0.15) is 13.3 Å². The van der Waals surface area contributed by atoms with Crippen LogP contribution < -0.4 is 0 Å². The Morgan fingerprint density at radius 3 is 2.33 bits per heavy atom. The molecule has 0 aromatic heterocycles. The van der Waals surface area contributed by atoms with Gasteiger partial charge in [0.25, 0.3) is 0 Å². The zero-order valence-electron chi connectivity index (χ0n) is 4.27. The quantitative estimate of drug-likeness (QED) is 0.481. The first-order valence-corrected chi connectivity index (χ1v) is 2.76. The molecule has 0 aliphatic rings. The molecule has 0 aromatic rings. The summed E-state index contributed by atoms with van der Waals surface area (Å²) in [6, 6.07) is 0. The minimum Gasteiger partial charge on any atom is -0.378 e. The Morgan fingerprint density at radius 1 is 1.83 bits per heavy atom. The average Bonchev–Trinajstić information content (AvgIpc) is 1.65. The van der Waals surface area contributed by atoms with E-state index >= 15 is 0 Å². The number of hydrogen-bond acceptors (Lipinski definition) is 1. The van der Waals surface area contributed by atoms with Crippen molar-refractivity contribution in [1.82, 2.24) is 0 Å². The molecule has 0 saturated heterocycles. The third-order valence-electron chi connectivity index (χ3n) is 0.705. The number of hydrogen-bond donors (Lipinski definition) is 0. The van der Waals surface area contributed by atoms with Crippen molar-refractivity contribution in [2.24, 2.45) is 0 Å². The molecule has 0 rings (SSSR count). The molecule has 38 valence electrons. The maximum Gasteiger partial charge on any atom is 0.0702 e. The van der Waals surface area contributed by atoms with Gasteiger partial charge in [-0.2, -0.15) is 0 Å². The van der Waals surface area contributed by atoms with Crippen LogP contribution in [0.5, 0.6) is 0 Å². The number of rotatable bonds is 2. The molecular formula is C4H11OP. The fourth-order valence-corrected chi connectivity index (χ4v) is 0.167. The van der Waals surface area contributed by atoms with Crippen molar-refractivity contribution in [2.75, 3.05) is 7.11 Å². The van der Waals surface area contributed by atoms with Crippen molar-refractivity contribution in [3.8, 4) is 0 Å². The molecule has 0 amide bonds. The second kappa shape index (κ2) is 3.58. The van der Waals surface area contributed by atoms with Crippen molar-refractivity contribution in [3.63, 3.8) is 0 Å². The minimum absolute atomic E-state index is 0.352. The lowest BCUT2D eigenvalue weighted by Gasteiger charge is -2.01. The lowest BCUT2D eigenvalue weighted by molar-refractivity contribution is 0.169. The molecule has 0 bridgehead atoms. The highest BCUT2D eigenvalue weighted by Gasteiger charge is 1.88. The van der Waals surface area contributed by atoms with Crippen molar-refractivity contribution < 1.29 is 4.74 Å². The zero-order chi connectivity index (χ0) is 4.99. The zero-order valence-corrected chi connectivity index (χ0v) is 5.42. The third-order valence-corrected chi connectivity index (χ3v) is 1.45. The van der Waals surface area contributed by atoms with E-state index in [1.807, 2.05) is 0 Å². The monoisotopic (exact) mass is 106 g/mol. The smallest absolute Gasteiger partial charge is 0.0702 e. The molecule has 2 unspecified atom stereocenters. The normalized spacial score (nSPS) is 14.5. The van der Waals surface area contributed by atoms with Crippen LogP contribution in [0.3, 0.4) is 0 Å². The van der Waals surface area contributed by atoms with Gasteiger partial charge < -0.3 is 4.74 Å². The van der Waals surface area contributed by atoms with Crippen LogP contribution in [0.4, 0.5) is 0 Å². The Bertz CT molecular complexity index is 26.7. The fourth-order valence-electron chi connectivity index (χ4n) is 0.167. The first kappa shape index (κ1) is 6.39. The Kier molecular flexibility index (Phi) is 3.81. The van der Waals surface area contributed by atoms with Crippen LogP contribution in [0.15, 0.2) is 0 Å². The maximum absolute atomic E-state index is 4.86. The molecule has 2 atom stereocenters. The molecule has 0 radical (unpaired) electrons. The summed E-state index contributed by atoms with van der Waals surface area (Å²) < 4.78 is 4.86. The van der Waals surface area contributed by atoms with Crippen LogP contribution in [-0.4, -0.2) is 13.0 Å². The second-order valence-electron chi connectivity index (χ2n) is 1.18. The number of ether oxygens (including phenoxy) is 1. The summed E-state index contributed by atoms with van der Waals surface area (Å²) in [5.74, 6) is 0.352. The van der Waals surface area contributed by atoms with Gasteiger partial charge in [-0.1, -0.05) is 6.92 Å². The van der Waals surface area contributed by atoms with E-state index < -0.39 is 0 Å². The molecule has 0 fully saturated rings. The van der Waals surface area contributed by atoms with Gasteiger partial charge in [0.05, 0.1) is 5.85 Å². The highest BCUT2D eigenvalue weighted by Crippen LogP contribution is 2.02. The highest BCUT2D eigenvalue weighted by atomic mass is 31.0. The predicted octanol–water partition coefficient (Wildman–Crippen LogP) is 1.24. The van der Waals surface area contributed by atoms with Crippen LogP contribution in [0.2, 0.25) is 0 Å². The van der Waals surface area contributed by atoms with Crippen LogP contribution >= 0.6 is 9.24 Å². The SMILES string of the molecule is CCC(P)OC. The van der Waals surface area contributed by atoms with Gasteiger partial charge in [-0.25, -0.2) is 0 Å². The molecule has 0 saturated carbocycles. The van der Waals surface area contributed by atoms with Gasteiger partial charge in [-0.3, -0.25) is 0 Å². The van der Waals surface area contributed by atoms with E-state index in [1.165, 1.54) is 0 Å². The molecule has 0 N–H and O–H groups in total. The summed E-state index contributed by atoms with van der Waals surface area (Å²) in [5, 5.41) is 0. The highest BCUT2D eigenvalue weighted by molar-refractivity contribution is 7.17. The fraction of sp³-hybridized carbons (Fsp3) is 1.00. The summed E-state index contributed by atoms with van der Waals surface area (Å²) in [6.07, 6.45) is 1.07. The van der Waals surface area contributed by atoms with Crippen molar-refractivity contribution >= 4 is 9.24 Å². The maximum atomic E-state index is 4.86. The van der Waals surface area contributed by atoms with Crippen LogP contribution in [0.25, 0.3) is 0 Å². The second-order valence-corrected chi connectivity index (χ2v) is 1.93. The summed E-state index contributed by atoms with van der Waals surface area (Å²) in [4.78, 5) is 0. The van der Waals surface area contributed by atoms with Gasteiger partial charge in [0.2, 0.25) is 0 Å². The van der Waals surface area contributed by atoms with E-state index in [0.29, 0.717) is 5.85 Å². The van der Waals surface area contributed by atoms with Crippen LogP contribution in [0, 0.1) is 0 Å². The van der Waals surface area contributed by atoms with E-state index in [9.17, 15) is 0 Å². The standard InChI is InChI=1S/C4H11OP/c1-3-4(6)5-2/h4H,3,6H2,1-2H3. The Labute approximate surface area is 41.3 Å². The summed E-state index contributed by atoms with van der Waals surface area (Å²) >= 11 is 0. The van der Waals surface area contributed by atoms with Gasteiger partial charge in [-0.05, 0) is 6.42 Å². The van der Waals surface area contributed by atoms with Gasteiger partial charge in [-0.15, -0.1) is 9.24 Å². The van der Waals surface area contributed by atoms with E-state index in [2.05, 4.69) is 16.2 Å². The Balaban J connectivity index is 2.75. The molecule has 6 heavy (non-hydrogen) atoms. The molecule has 2 heteroatoms. The molecule has 0 aromatic carbocycles. The molecular weight excluding hydrogens is 95.0 g/mol. The molecule has 1 nitrogen and oxygen atoms in total. The van der Waals surface area contributed by atoms with Crippen LogP contribution in [-0.2, 0) is 4.74 Å². The minimum atomic E-state index is 0.352. The molecule has 0 aliphatic carbocycles. The Morgan fingerprint density at radius 2 is 2.33 bits per heavy atom. The average molecular weight is 106 g/mol. The largest absolute Gasteiger partial charge is 0.378 e. The van der Waals surface area contributed by atoms with Crippen molar-refractivity contribution in [1.29, 1.82) is 0 Å². The van der Waals surface area contributed by atoms with Gasteiger partial charge in [0.15, 0.2) is 0 Å². The van der Waals surface area contributed by atoms with E-state index in [0.717, 1.165) is 6.42 Å². The summed E-state index contributed by atoms with van der Waals surface area (Å²) in [6.45, 7) is 2.08. The summed E-state index contributed by atoms with van der Waals surface area (Å²) in [7, 11) is 4.30. The van der Waals surface area contributed by atoms with E-state index in [1.54, 1.807) is 7.11 Å². The third kappa shape index (κ3) is 2.62. The summed E-state index contributed by atoms with van der Waals surface area (Å²) in [5.41, 5.74) is 0. The van der Waals surface area contributed by atoms with E-state index in [-0.39, 0.29) is 0 Å². The van der Waals surface area contributed by atoms with Gasteiger partial charge in [0.1, 0.15) is 0 Å². The lowest BCUT2D eigenvalue weighted by atomic mass is 10.5. The molecule has 0 heterocycles. The molecule has 0 aliphatic heterocycles. The number of methoxy groups -OCH3 is 1. The predicted molar refractivity (Wildman–Crippen MR) is 30.8 cm³/mol. The first-order chi connectivity index (χ1) is 2.81.